The standard InChI is InChI=1S/C12H14ClFO2/c1-8(3-4-15)10-5-9(7-16-2)6-11(13)12(10)14/h4-6,8H,3,7H2,1-2H3. The van der Waals surface area contributed by atoms with Gasteiger partial charge in [0.15, 0.2) is 0 Å². The van der Waals surface area contributed by atoms with Crippen LogP contribution in [0.3, 0.4) is 0 Å². The smallest absolute Gasteiger partial charge is 0.145 e. The van der Waals surface area contributed by atoms with Gasteiger partial charge >= 0.3 is 0 Å². The molecule has 0 amide bonds. The van der Waals surface area contributed by atoms with Crippen LogP contribution in [0.15, 0.2) is 12.1 Å². The number of carbonyl (C=O) groups excluding carboxylic acids is 1. The van der Waals surface area contributed by atoms with Crippen LogP contribution in [0.5, 0.6) is 0 Å². The fraction of sp³-hybridized carbons (Fsp3) is 0.417. The van der Waals surface area contributed by atoms with Crippen LogP contribution in [0, 0.1) is 5.82 Å². The first-order valence-corrected chi connectivity index (χ1v) is 5.38. The molecule has 0 saturated heterocycles. The van der Waals surface area contributed by atoms with Crippen molar-refractivity contribution in [3.05, 3.63) is 34.1 Å². The lowest BCUT2D eigenvalue weighted by atomic mass is 9.96. The SMILES string of the molecule is COCc1cc(Cl)c(F)c(C(C)CC=O)c1. The molecule has 0 aliphatic rings. The van der Waals surface area contributed by atoms with E-state index in [0.29, 0.717) is 12.2 Å². The summed E-state index contributed by atoms with van der Waals surface area (Å²) in [4.78, 5) is 10.4. The predicted molar refractivity (Wildman–Crippen MR) is 61.2 cm³/mol. The van der Waals surface area contributed by atoms with E-state index in [9.17, 15) is 9.18 Å². The molecule has 4 heteroatoms. The predicted octanol–water partition coefficient (Wildman–Crippen LogP) is 3.32. The quantitative estimate of drug-likeness (QED) is 0.743. The van der Waals surface area contributed by atoms with Crippen LogP contribution in [0.25, 0.3) is 0 Å². The fourth-order valence-electron chi connectivity index (χ4n) is 1.55. The van der Waals surface area contributed by atoms with Gasteiger partial charge in [0.05, 0.1) is 11.6 Å². The first kappa shape index (κ1) is 13.1. The second kappa shape index (κ2) is 5.97. The molecule has 2 nitrogen and oxygen atoms in total. The second-order valence-electron chi connectivity index (χ2n) is 3.72. The van der Waals surface area contributed by atoms with Crippen LogP contribution in [0.1, 0.15) is 30.4 Å². The summed E-state index contributed by atoms with van der Waals surface area (Å²) < 4.78 is 18.7. The Morgan fingerprint density at radius 2 is 2.25 bits per heavy atom. The molecule has 0 N–H and O–H groups in total. The van der Waals surface area contributed by atoms with E-state index in [1.54, 1.807) is 20.1 Å². The van der Waals surface area contributed by atoms with E-state index in [1.807, 2.05) is 0 Å². The highest BCUT2D eigenvalue weighted by Crippen LogP contribution is 2.28. The molecule has 0 aromatic heterocycles. The molecule has 0 spiro atoms. The lowest BCUT2D eigenvalue weighted by Gasteiger charge is -2.13. The zero-order valence-electron chi connectivity index (χ0n) is 9.30. The van der Waals surface area contributed by atoms with Gasteiger partial charge in [0.25, 0.3) is 0 Å². The molecule has 0 saturated carbocycles. The van der Waals surface area contributed by atoms with Crippen LogP contribution >= 0.6 is 11.6 Å². The maximum atomic E-state index is 13.7. The van der Waals surface area contributed by atoms with Gasteiger partial charge in [0, 0.05) is 13.5 Å². The van der Waals surface area contributed by atoms with Gasteiger partial charge in [-0.2, -0.15) is 0 Å². The molecular formula is C12H14ClFO2. The van der Waals surface area contributed by atoms with Gasteiger partial charge in [0.2, 0.25) is 0 Å². The Labute approximate surface area is 99.4 Å². The molecule has 0 heterocycles. The number of rotatable bonds is 5. The van der Waals surface area contributed by atoms with E-state index >= 15 is 0 Å². The molecule has 16 heavy (non-hydrogen) atoms. The van der Waals surface area contributed by atoms with Crippen molar-refractivity contribution in [2.45, 2.75) is 25.9 Å². The van der Waals surface area contributed by atoms with Crippen LogP contribution in [-0.2, 0) is 16.1 Å². The van der Waals surface area contributed by atoms with E-state index in [-0.39, 0.29) is 17.4 Å². The zero-order valence-corrected chi connectivity index (χ0v) is 10.1. The summed E-state index contributed by atoms with van der Waals surface area (Å²) in [5.74, 6) is -0.623. The van der Waals surface area contributed by atoms with Crippen LogP contribution in [0.4, 0.5) is 4.39 Å². The van der Waals surface area contributed by atoms with Crippen molar-refractivity contribution in [1.82, 2.24) is 0 Å². The Morgan fingerprint density at radius 1 is 1.56 bits per heavy atom. The number of benzene rings is 1. The molecule has 1 atom stereocenters. The first-order chi connectivity index (χ1) is 7.60. The van der Waals surface area contributed by atoms with Crippen LogP contribution < -0.4 is 0 Å². The number of aldehydes is 1. The number of ether oxygens (including phenoxy) is 1. The maximum absolute atomic E-state index is 13.7. The van der Waals surface area contributed by atoms with E-state index in [4.69, 9.17) is 16.3 Å². The molecule has 0 aliphatic carbocycles. The Hall–Kier alpha value is -0.930. The fourth-order valence-corrected chi connectivity index (χ4v) is 1.80. The Kier molecular flexibility index (Phi) is 4.90. The van der Waals surface area contributed by atoms with Gasteiger partial charge in [-0.1, -0.05) is 24.6 Å². The van der Waals surface area contributed by atoms with Gasteiger partial charge in [-0.15, -0.1) is 0 Å². The van der Waals surface area contributed by atoms with Crippen molar-refractivity contribution in [2.24, 2.45) is 0 Å². The summed E-state index contributed by atoms with van der Waals surface area (Å²) in [7, 11) is 1.56. The highest BCUT2D eigenvalue weighted by molar-refractivity contribution is 6.30. The third kappa shape index (κ3) is 3.03. The van der Waals surface area contributed by atoms with Crippen molar-refractivity contribution in [3.63, 3.8) is 0 Å². The maximum Gasteiger partial charge on any atom is 0.145 e. The van der Waals surface area contributed by atoms with Gasteiger partial charge < -0.3 is 9.53 Å². The van der Waals surface area contributed by atoms with Gasteiger partial charge in [-0.25, -0.2) is 4.39 Å². The summed E-state index contributed by atoms with van der Waals surface area (Å²) in [5.41, 5.74) is 1.27. The summed E-state index contributed by atoms with van der Waals surface area (Å²) in [6.45, 7) is 2.17. The minimum atomic E-state index is -0.448. The molecule has 1 aromatic rings. The van der Waals surface area contributed by atoms with Crippen molar-refractivity contribution >= 4 is 17.9 Å². The number of hydrogen-bond donors (Lipinski definition) is 0. The molecule has 88 valence electrons. The largest absolute Gasteiger partial charge is 0.380 e. The summed E-state index contributed by atoms with van der Waals surface area (Å²) in [6, 6.07) is 3.23. The van der Waals surface area contributed by atoms with E-state index in [2.05, 4.69) is 0 Å². The van der Waals surface area contributed by atoms with Crippen molar-refractivity contribution in [3.8, 4) is 0 Å². The topological polar surface area (TPSA) is 26.3 Å². The van der Waals surface area contributed by atoms with E-state index in [0.717, 1.165) is 11.8 Å². The normalized spacial score (nSPS) is 12.5. The molecule has 0 fully saturated rings. The van der Waals surface area contributed by atoms with Crippen LogP contribution in [-0.4, -0.2) is 13.4 Å². The number of methoxy groups -OCH3 is 1. The van der Waals surface area contributed by atoms with Gasteiger partial charge in [-0.05, 0) is 23.1 Å². The first-order valence-electron chi connectivity index (χ1n) is 5.00. The molecular weight excluding hydrogens is 231 g/mol. The van der Waals surface area contributed by atoms with Crippen LogP contribution in [0.2, 0.25) is 5.02 Å². The average molecular weight is 245 g/mol. The van der Waals surface area contributed by atoms with Crippen molar-refractivity contribution < 1.29 is 13.9 Å². The van der Waals surface area contributed by atoms with Crippen molar-refractivity contribution in [1.29, 1.82) is 0 Å². The number of carbonyl (C=O) groups is 1. The van der Waals surface area contributed by atoms with Crippen molar-refractivity contribution in [2.75, 3.05) is 7.11 Å². The third-order valence-corrected chi connectivity index (χ3v) is 2.68. The number of halogens is 2. The third-order valence-electron chi connectivity index (χ3n) is 2.41. The lowest BCUT2D eigenvalue weighted by molar-refractivity contribution is -0.108. The highest BCUT2D eigenvalue weighted by atomic mass is 35.5. The molecule has 0 bridgehead atoms. The average Bonchev–Trinajstić information content (AvgIpc) is 2.23. The zero-order chi connectivity index (χ0) is 12.1. The van der Waals surface area contributed by atoms with Gasteiger partial charge in [-0.3, -0.25) is 0 Å². The molecule has 1 aromatic carbocycles. The summed E-state index contributed by atoms with van der Waals surface area (Å²) >= 11 is 5.78. The Bertz CT molecular complexity index is 380. The number of hydrogen-bond acceptors (Lipinski definition) is 2. The second-order valence-corrected chi connectivity index (χ2v) is 4.12. The van der Waals surface area contributed by atoms with E-state index < -0.39 is 5.82 Å². The Balaban J connectivity index is 3.10. The highest BCUT2D eigenvalue weighted by Gasteiger charge is 2.15. The monoisotopic (exact) mass is 244 g/mol. The minimum Gasteiger partial charge on any atom is -0.380 e. The Morgan fingerprint density at radius 3 is 2.81 bits per heavy atom. The van der Waals surface area contributed by atoms with Gasteiger partial charge in [0.1, 0.15) is 12.1 Å². The minimum absolute atomic E-state index is 0.0716. The summed E-state index contributed by atoms with van der Waals surface area (Å²) in [6.07, 6.45) is 1.06. The molecule has 0 aliphatic heterocycles. The molecule has 1 rings (SSSR count). The molecule has 1 unspecified atom stereocenters. The molecule has 0 radical (unpaired) electrons. The lowest BCUT2D eigenvalue weighted by Crippen LogP contribution is -2.01. The summed E-state index contributed by atoms with van der Waals surface area (Å²) in [5, 5.41) is 0.0716. The van der Waals surface area contributed by atoms with E-state index in [1.165, 1.54) is 6.07 Å².